The Morgan fingerprint density at radius 3 is 2.20 bits per heavy atom. The first-order chi connectivity index (χ1) is 9.61. The molecule has 2 N–H and O–H groups in total. The molecule has 0 aliphatic heterocycles. The average molecular weight is 296 g/mol. The lowest BCUT2D eigenvalue weighted by Gasteiger charge is -2.16. The predicted octanol–water partition coefficient (Wildman–Crippen LogP) is 3.98. The van der Waals surface area contributed by atoms with E-state index in [0.717, 1.165) is 5.56 Å². The van der Waals surface area contributed by atoms with Gasteiger partial charge in [0.2, 0.25) is 0 Å². The van der Waals surface area contributed by atoms with E-state index in [2.05, 4.69) is 0 Å². The van der Waals surface area contributed by atoms with Crippen LogP contribution in [0.5, 0.6) is 0 Å². The SMILES string of the molecule is NCC(Cc1ccccc1Cl)Cc1c(F)cccc1F. The number of hydrogen-bond acceptors (Lipinski definition) is 1. The Bertz CT molecular complexity index is 566. The number of rotatable bonds is 5. The van der Waals surface area contributed by atoms with Crippen LogP contribution in [0.4, 0.5) is 8.78 Å². The molecule has 0 aliphatic carbocycles. The van der Waals surface area contributed by atoms with Crippen LogP contribution in [0.1, 0.15) is 11.1 Å². The number of halogens is 3. The Balaban J connectivity index is 2.16. The van der Waals surface area contributed by atoms with Crippen molar-refractivity contribution in [3.8, 4) is 0 Å². The van der Waals surface area contributed by atoms with Crippen molar-refractivity contribution in [3.63, 3.8) is 0 Å². The molecule has 0 amide bonds. The van der Waals surface area contributed by atoms with Gasteiger partial charge in [0.15, 0.2) is 0 Å². The van der Waals surface area contributed by atoms with E-state index in [4.69, 9.17) is 17.3 Å². The van der Waals surface area contributed by atoms with Gasteiger partial charge in [-0.05, 0) is 49.1 Å². The number of hydrogen-bond donors (Lipinski definition) is 1. The van der Waals surface area contributed by atoms with Gasteiger partial charge >= 0.3 is 0 Å². The molecule has 0 fully saturated rings. The zero-order chi connectivity index (χ0) is 14.5. The number of benzene rings is 2. The molecule has 0 saturated heterocycles. The first kappa shape index (κ1) is 14.9. The van der Waals surface area contributed by atoms with E-state index in [1.165, 1.54) is 18.2 Å². The summed E-state index contributed by atoms with van der Waals surface area (Å²) in [6.45, 7) is 0.346. The minimum atomic E-state index is -0.525. The molecular weight excluding hydrogens is 280 g/mol. The maximum atomic E-state index is 13.7. The lowest BCUT2D eigenvalue weighted by Crippen LogP contribution is -2.20. The van der Waals surface area contributed by atoms with Gasteiger partial charge in [-0.15, -0.1) is 0 Å². The molecule has 2 rings (SSSR count). The highest BCUT2D eigenvalue weighted by molar-refractivity contribution is 6.31. The quantitative estimate of drug-likeness (QED) is 0.887. The summed E-state index contributed by atoms with van der Waals surface area (Å²) in [6, 6.07) is 11.3. The molecule has 1 nitrogen and oxygen atoms in total. The topological polar surface area (TPSA) is 26.0 Å². The van der Waals surface area contributed by atoms with E-state index in [-0.39, 0.29) is 17.9 Å². The van der Waals surface area contributed by atoms with Crippen LogP contribution < -0.4 is 5.73 Å². The zero-order valence-corrected chi connectivity index (χ0v) is 11.7. The first-order valence-electron chi connectivity index (χ1n) is 6.48. The minimum absolute atomic E-state index is 0.0544. The van der Waals surface area contributed by atoms with Crippen molar-refractivity contribution >= 4 is 11.6 Å². The standard InChI is InChI=1S/C16H16ClF2N/c17-14-5-2-1-4-12(14)8-11(10-20)9-13-15(18)6-3-7-16(13)19/h1-7,11H,8-10,20H2. The molecule has 0 saturated carbocycles. The summed E-state index contributed by atoms with van der Waals surface area (Å²) in [5.74, 6) is -1.11. The average Bonchev–Trinajstić information content (AvgIpc) is 2.44. The van der Waals surface area contributed by atoms with Gasteiger partial charge in [-0.2, -0.15) is 0 Å². The fraction of sp³-hybridized carbons (Fsp3) is 0.250. The maximum Gasteiger partial charge on any atom is 0.129 e. The van der Waals surface area contributed by atoms with E-state index >= 15 is 0 Å². The van der Waals surface area contributed by atoms with Crippen molar-refractivity contribution in [3.05, 3.63) is 70.2 Å². The van der Waals surface area contributed by atoms with Crippen LogP contribution in [0.2, 0.25) is 5.02 Å². The van der Waals surface area contributed by atoms with Gasteiger partial charge in [-0.25, -0.2) is 8.78 Å². The largest absolute Gasteiger partial charge is 0.330 e. The molecular formula is C16H16ClF2N. The van der Waals surface area contributed by atoms with Crippen molar-refractivity contribution in [2.24, 2.45) is 11.7 Å². The third kappa shape index (κ3) is 3.56. The van der Waals surface area contributed by atoms with E-state index in [0.29, 0.717) is 18.0 Å². The summed E-state index contributed by atoms with van der Waals surface area (Å²) in [7, 11) is 0. The van der Waals surface area contributed by atoms with Crippen molar-refractivity contribution in [1.29, 1.82) is 0 Å². The minimum Gasteiger partial charge on any atom is -0.330 e. The van der Waals surface area contributed by atoms with Gasteiger partial charge in [0, 0.05) is 10.6 Å². The van der Waals surface area contributed by atoms with Gasteiger partial charge in [0.25, 0.3) is 0 Å². The lowest BCUT2D eigenvalue weighted by molar-refractivity contribution is 0.485. The number of nitrogens with two attached hydrogens (primary N) is 1. The van der Waals surface area contributed by atoms with Gasteiger partial charge < -0.3 is 5.73 Å². The zero-order valence-electron chi connectivity index (χ0n) is 11.0. The molecule has 0 aromatic heterocycles. The summed E-state index contributed by atoms with van der Waals surface area (Å²) < 4.78 is 27.3. The predicted molar refractivity (Wildman–Crippen MR) is 77.8 cm³/mol. The summed E-state index contributed by atoms with van der Waals surface area (Å²) in [5.41, 5.74) is 6.77. The highest BCUT2D eigenvalue weighted by Gasteiger charge is 2.16. The van der Waals surface area contributed by atoms with E-state index in [1.54, 1.807) is 6.07 Å². The highest BCUT2D eigenvalue weighted by atomic mass is 35.5. The van der Waals surface area contributed by atoms with Crippen molar-refractivity contribution < 1.29 is 8.78 Å². The third-order valence-corrected chi connectivity index (χ3v) is 3.72. The van der Waals surface area contributed by atoms with Crippen LogP contribution in [-0.2, 0) is 12.8 Å². The summed E-state index contributed by atoms with van der Waals surface area (Å²) in [6.07, 6.45) is 0.865. The lowest BCUT2D eigenvalue weighted by atomic mass is 9.92. The van der Waals surface area contributed by atoms with Crippen molar-refractivity contribution in [2.75, 3.05) is 6.54 Å². The molecule has 0 radical (unpaired) electrons. The van der Waals surface area contributed by atoms with Crippen molar-refractivity contribution in [1.82, 2.24) is 0 Å². The summed E-state index contributed by atoms with van der Waals surface area (Å²) in [5, 5.41) is 0.653. The molecule has 2 aromatic carbocycles. The van der Waals surface area contributed by atoms with Crippen molar-refractivity contribution in [2.45, 2.75) is 12.8 Å². The van der Waals surface area contributed by atoms with E-state index in [9.17, 15) is 8.78 Å². The molecule has 0 heterocycles. The fourth-order valence-electron chi connectivity index (χ4n) is 2.23. The second kappa shape index (κ2) is 6.82. The third-order valence-electron chi connectivity index (χ3n) is 3.35. The van der Waals surface area contributed by atoms with Gasteiger partial charge in [0.1, 0.15) is 11.6 Å². The monoisotopic (exact) mass is 295 g/mol. The van der Waals surface area contributed by atoms with Crippen LogP contribution in [0.25, 0.3) is 0 Å². The van der Waals surface area contributed by atoms with Crippen LogP contribution in [0, 0.1) is 17.6 Å². The Hall–Kier alpha value is -1.45. The molecule has 0 bridgehead atoms. The molecule has 1 unspecified atom stereocenters. The molecule has 1 atom stereocenters. The summed E-state index contributed by atoms with van der Waals surface area (Å²) >= 11 is 6.10. The Labute approximate surface area is 122 Å². The molecule has 4 heteroatoms. The summed E-state index contributed by atoms with van der Waals surface area (Å²) in [4.78, 5) is 0. The maximum absolute atomic E-state index is 13.7. The Kier molecular flexibility index (Phi) is 5.10. The second-order valence-corrected chi connectivity index (χ2v) is 5.21. The van der Waals surface area contributed by atoms with Crippen LogP contribution in [-0.4, -0.2) is 6.54 Å². The molecule has 106 valence electrons. The second-order valence-electron chi connectivity index (χ2n) is 4.80. The molecule has 2 aromatic rings. The van der Waals surface area contributed by atoms with Gasteiger partial charge in [0.05, 0.1) is 0 Å². The van der Waals surface area contributed by atoms with E-state index < -0.39 is 11.6 Å². The highest BCUT2D eigenvalue weighted by Crippen LogP contribution is 2.22. The first-order valence-corrected chi connectivity index (χ1v) is 6.86. The van der Waals surface area contributed by atoms with Crippen LogP contribution in [0.3, 0.4) is 0 Å². The normalized spacial score (nSPS) is 12.4. The molecule has 20 heavy (non-hydrogen) atoms. The molecule has 0 aliphatic rings. The molecule has 0 spiro atoms. The Morgan fingerprint density at radius 1 is 0.950 bits per heavy atom. The van der Waals surface area contributed by atoms with Crippen LogP contribution in [0.15, 0.2) is 42.5 Å². The van der Waals surface area contributed by atoms with Gasteiger partial charge in [-0.3, -0.25) is 0 Å². The Morgan fingerprint density at radius 2 is 1.60 bits per heavy atom. The fourth-order valence-corrected chi connectivity index (χ4v) is 2.44. The van der Waals surface area contributed by atoms with E-state index in [1.807, 2.05) is 18.2 Å². The smallest absolute Gasteiger partial charge is 0.129 e. The van der Waals surface area contributed by atoms with Crippen LogP contribution >= 0.6 is 11.6 Å². The van der Waals surface area contributed by atoms with Gasteiger partial charge in [-0.1, -0.05) is 35.9 Å².